The lowest BCUT2D eigenvalue weighted by Gasteiger charge is -2.11. The summed E-state index contributed by atoms with van der Waals surface area (Å²) in [5.41, 5.74) is 8.40. The average Bonchev–Trinajstić information content (AvgIpc) is 2.32. The first-order valence-corrected chi connectivity index (χ1v) is 6.84. The van der Waals surface area contributed by atoms with Crippen LogP contribution in [0.2, 0.25) is 0 Å². The van der Waals surface area contributed by atoms with E-state index < -0.39 is 0 Å². The highest BCUT2D eigenvalue weighted by Crippen LogP contribution is 2.30. The van der Waals surface area contributed by atoms with E-state index in [0.717, 1.165) is 26.1 Å². The van der Waals surface area contributed by atoms with Gasteiger partial charge in [-0.15, -0.1) is 0 Å². The lowest BCUT2D eigenvalue weighted by molar-refractivity contribution is 0.415. The molecule has 0 aromatic heterocycles. The molecule has 94 valence electrons. The van der Waals surface area contributed by atoms with Gasteiger partial charge in [0.1, 0.15) is 5.75 Å². The first-order valence-electron chi connectivity index (χ1n) is 5.25. The molecule has 18 heavy (non-hydrogen) atoms. The van der Waals surface area contributed by atoms with Crippen molar-refractivity contribution in [3.8, 4) is 5.75 Å². The molecule has 0 aliphatic heterocycles. The van der Waals surface area contributed by atoms with Gasteiger partial charge >= 0.3 is 0 Å². The minimum Gasteiger partial charge on any atom is -0.497 e. The summed E-state index contributed by atoms with van der Waals surface area (Å²) in [6.45, 7) is 0. The lowest BCUT2D eigenvalue weighted by Crippen LogP contribution is -1.96. The standard InChI is InChI=1S/C13H12Br2N2O/c1-18-11-5-9(15)4-10(7-11)17-13-3-2-8(14)6-12(13)16/h2-7,17H,16H2,1H3. The molecule has 2 aromatic carbocycles. The fourth-order valence-corrected chi connectivity index (χ4v) is 2.41. The fourth-order valence-electron chi connectivity index (χ4n) is 1.56. The van der Waals surface area contributed by atoms with E-state index in [-0.39, 0.29) is 0 Å². The Hall–Kier alpha value is -1.20. The number of nitrogens with two attached hydrogens (primary N) is 1. The predicted molar refractivity (Wildman–Crippen MR) is 82.5 cm³/mol. The van der Waals surface area contributed by atoms with Gasteiger partial charge in [0.05, 0.1) is 18.5 Å². The molecule has 0 saturated heterocycles. The van der Waals surface area contributed by atoms with Crippen LogP contribution in [0.4, 0.5) is 17.1 Å². The van der Waals surface area contributed by atoms with Crippen molar-refractivity contribution in [2.24, 2.45) is 0 Å². The van der Waals surface area contributed by atoms with E-state index in [2.05, 4.69) is 37.2 Å². The maximum atomic E-state index is 5.94. The quantitative estimate of drug-likeness (QED) is 0.778. The molecule has 3 N–H and O–H groups in total. The van der Waals surface area contributed by atoms with Gasteiger partial charge in [-0.05, 0) is 30.3 Å². The van der Waals surface area contributed by atoms with Gasteiger partial charge < -0.3 is 15.8 Å². The summed E-state index contributed by atoms with van der Waals surface area (Å²) in [5, 5.41) is 3.26. The molecule has 3 nitrogen and oxygen atoms in total. The molecular weight excluding hydrogens is 360 g/mol. The maximum absolute atomic E-state index is 5.94. The number of halogens is 2. The second-order valence-corrected chi connectivity index (χ2v) is 5.57. The summed E-state index contributed by atoms with van der Waals surface area (Å²) >= 11 is 6.82. The normalized spacial score (nSPS) is 10.2. The Bertz CT molecular complexity index is 573. The maximum Gasteiger partial charge on any atom is 0.122 e. The number of hydrogen-bond acceptors (Lipinski definition) is 3. The van der Waals surface area contributed by atoms with Crippen LogP contribution >= 0.6 is 31.9 Å². The van der Waals surface area contributed by atoms with Crippen LogP contribution < -0.4 is 15.8 Å². The van der Waals surface area contributed by atoms with E-state index in [1.165, 1.54) is 0 Å². The molecule has 5 heteroatoms. The van der Waals surface area contributed by atoms with Gasteiger partial charge in [-0.1, -0.05) is 31.9 Å². The Kier molecular flexibility index (Phi) is 4.14. The SMILES string of the molecule is COc1cc(Br)cc(Nc2ccc(Br)cc2N)c1. The molecule has 0 radical (unpaired) electrons. The molecule has 2 aromatic rings. The van der Waals surface area contributed by atoms with Crippen LogP contribution in [-0.4, -0.2) is 7.11 Å². The first-order chi connectivity index (χ1) is 8.58. The van der Waals surface area contributed by atoms with E-state index in [4.69, 9.17) is 10.5 Å². The molecule has 0 saturated carbocycles. The molecule has 0 aliphatic rings. The van der Waals surface area contributed by atoms with Crippen LogP contribution in [0, 0.1) is 0 Å². The third-order valence-electron chi connectivity index (χ3n) is 2.40. The van der Waals surface area contributed by atoms with E-state index in [9.17, 15) is 0 Å². The zero-order valence-corrected chi connectivity index (χ0v) is 12.9. The van der Waals surface area contributed by atoms with Gasteiger partial charge in [-0.25, -0.2) is 0 Å². The third kappa shape index (κ3) is 3.17. The molecular formula is C13H12Br2N2O. The van der Waals surface area contributed by atoms with Crippen LogP contribution in [-0.2, 0) is 0 Å². The van der Waals surface area contributed by atoms with Gasteiger partial charge in [0.2, 0.25) is 0 Å². The highest BCUT2D eigenvalue weighted by Gasteiger charge is 2.03. The number of ether oxygens (including phenoxy) is 1. The van der Waals surface area contributed by atoms with Crippen molar-refractivity contribution in [2.45, 2.75) is 0 Å². The van der Waals surface area contributed by atoms with Crippen molar-refractivity contribution >= 4 is 48.9 Å². The summed E-state index contributed by atoms with van der Waals surface area (Å²) in [5.74, 6) is 0.780. The topological polar surface area (TPSA) is 47.3 Å². The monoisotopic (exact) mass is 370 g/mol. The zero-order chi connectivity index (χ0) is 13.1. The Morgan fingerprint density at radius 2 is 1.83 bits per heavy atom. The van der Waals surface area contributed by atoms with Crippen molar-refractivity contribution in [1.82, 2.24) is 0 Å². The minimum absolute atomic E-state index is 0.684. The zero-order valence-electron chi connectivity index (χ0n) is 9.71. The van der Waals surface area contributed by atoms with E-state index in [1.807, 2.05) is 36.4 Å². The third-order valence-corrected chi connectivity index (χ3v) is 3.35. The van der Waals surface area contributed by atoms with Crippen LogP contribution in [0.25, 0.3) is 0 Å². The Labute approximate surface area is 123 Å². The summed E-state index contributed by atoms with van der Waals surface area (Å²) in [6.07, 6.45) is 0. The number of hydrogen-bond donors (Lipinski definition) is 2. The number of nitrogens with one attached hydrogen (secondary N) is 1. The number of nitrogen functional groups attached to an aromatic ring is 1. The summed E-state index contributed by atoms with van der Waals surface area (Å²) < 4.78 is 7.11. The molecule has 0 unspecified atom stereocenters. The average molecular weight is 372 g/mol. The Morgan fingerprint density at radius 3 is 2.50 bits per heavy atom. The van der Waals surface area contributed by atoms with Crippen molar-refractivity contribution in [3.63, 3.8) is 0 Å². The van der Waals surface area contributed by atoms with Crippen LogP contribution in [0.1, 0.15) is 0 Å². The summed E-state index contributed by atoms with van der Waals surface area (Å²) in [7, 11) is 1.64. The van der Waals surface area contributed by atoms with Gasteiger partial charge in [-0.3, -0.25) is 0 Å². The molecule has 0 fully saturated rings. The predicted octanol–water partition coefficient (Wildman–Crippen LogP) is 4.55. The van der Waals surface area contributed by atoms with Crippen LogP contribution in [0.5, 0.6) is 5.75 Å². The van der Waals surface area contributed by atoms with E-state index in [1.54, 1.807) is 7.11 Å². The number of rotatable bonds is 3. The number of anilines is 3. The van der Waals surface area contributed by atoms with Crippen molar-refractivity contribution in [1.29, 1.82) is 0 Å². The number of benzene rings is 2. The Balaban J connectivity index is 2.30. The molecule has 0 heterocycles. The highest BCUT2D eigenvalue weighted by atomic mass is 79.9. The second kappa shape index (κ2) is 5.63. The van der Waals surface area contributed by atoms with Crippen molar-refractivity contribution < 1.29 is 4.74 Å². The molecule has 0 bridgehead atoms. The van der Waals surface area contributed by atoms with Crippen LogP contribution in [0.3, 0.4) is 0 Å². The molecule has 0 amide bonds. The molecule has 2 rings (SSSR count). The largest absolute Gasteiger partial charge is 0.497 e. The second-order valence-electron chi connectivity index (χ2n) is 3.74. The lowest BCUT2D eigenvalue weighted by atomic mass is 10.2. The molecule has 0 aliphatic carbocycles. The van der Waals surface area contributed by atoms with Crippen molar-refractivity contribution in [2.75, 3.05) is 18.2 Å². The first kappa shape index (κ1) is 13.2. The molecule has 0 spiro atoms. The fraction of sp³-hybridized carbons (Fsp3) is 0.0769. The smallest absolute Gasteiger partial charge is 0.122 e. The van der Waals surface area contributed by atoms with Gasteiger partial charge in [0.15, 0.2) is 0 Å². The highest BCUT2D eigenvalue weighted by molar-refractivity contribution is 9.10. The summed E-state index contributed by atoms with van der Waals surface area (Å²) in [4.78, 5) is 0. The minimum atomic E-state index is 0.684. The Morgan fingerprint density at radius 1 is 1.06 bits per heavy atom. The van der Waals surface area contributed by atoms with Gasteiger partial charge in [0.25, 0.3) is 0 Å². The van der Waals surface area contributed by atoms with Crippen molar-refractivity contribution in [3.05, 3.63) is 45.3 Å². The van der Waals surface area contributed by atoms with Gasteiger partial charge in [-0.2, -0.15) is 0 Å². The van der Waals surface area contributed by atoms with E-state index >= 15 is 0 Å². The van der Waals surface area contributed by atoms with Crippen LogP contribution in [0.15, 0.2) is 45.3 Å². The molecule has 0 atom stereocenters. The van der Waals surface area contributed by atoms with E-state index in [0.29, 0.717) is 5.69 Å². The summed E-state index contributed by atoms with van der Waals surface area (Å²) in [6, 6.07) is 11.5. The van der Waals surface area contributed by atoms with Gasteiger partial charge in [0, 0.05) is 20.7 Å². The number of methoxy groups -OCH3 is 1.